The molecular weight excluding hydrogens is 500 g/mol. The molecule has 3 aromatic carbocycles. The maximum atomic E-state index is 9.34. The molecule has 0 spiro atoms. The van der Waals surface area contributed by atoms with Gasteiger partial charge in [0.2, 0.25) is 5.71 Å². The van der Waals surface area contributed by atoms with Crippen LogP contribution in [0.5, 0.6) is 0 Å². The summed E-state index contributed by atoms with van der Waals surface area (Å²) < 4.78 is 41.0. The molecular formula is C38H38N2O. The highest BCUT2D eigenvalue weighted by Crippen LogP contribution is 2.39. The number of hydrogen-bond acceptors (Lipinski definition) is 3. The van der Waals surface area contributed by atoms with Crippen molar-refractivity contribution in [3.8, 4) is 33.6 Å². The summed E-state index contributed by atoms with van der Waals surface area (Å²) in [5.41, 5.74) is 9.41. The summed E-state index contributed by atoms with van der Waals surface area (Å²) in [4.78, 5) is 9.76. The van der Waals surface area contributed by atoms with Gasteiger partial charge in [0.05, 0.1) is 11.4 Å². The second-order valence-electron chi connectivity index (χ2n) is 11.5. The lowest BCUT2D eigenvalue weighted by atomic mass is 9.79. The van der Waals surface area contributed by atoms with Crippen LogP contribution in [0.4, 0.5) is 0 Å². The number of rotatable bonds is 6. The van der Waals surface area contributed by atoms with E-state index < -0.39 is 12.7 Å². The number of fused-ring (bicyclic) bond motifs is 3. The third kappa shape index (κ3) is 4.74. The molecule has 0 bridgehead atoms. The van der Waals surface area contributed by atoms with Crippen LogP contribution in [0.2, 0.25) is 0 Å². The lowest BCUT2D eigenvalue weighted by Crippen LogP contribution is -2.15. The maximum absolute atomic E-state index is 9.34. The molecule has 0 aliphatic rings. The van der Waals surface area contributed by atoms with Gasteiger partial charge in [0.1, 0.15) is 5.58 Å². The predicted molar refractivity (Wildman–Crippen MR) is 172 cm³/mol. The average molecular weight is 543 g/mol. The van der Waals surface area contributed by atoms with Crippen LogP contribution in [0.25, 0.3) is 55.7 Å². The SMILES string of the molecule is [2H]C([2H])([2H])c1cc(-c2cccc3c2oc2nc(-c4c(C)ccc(-c5ccccc5)c4C)ccc23)ncc1C([2H])(C(C)C)C(C)C. The topological polar surface area (TPSA) is 38.9 Å². The first-order chi connectivity index (χ1) is 21.3. The number of benzene rings is 3. The first-order valence-electron chi connectivity index (χ1n) is 16.3. The van der Waals surface area contributed by atoms with Gasteiger partial charge in [-0.15, -0.1) is 0 Å². The molecule has 0 saturated carbocycles. The molecule has 0 N–H and O–H groups in total. The largest absolute Gasteiger partial charge is 0.437 e. The van der Waals surface area contributed by atoms with Crippen LogP contribution in [-0.2, 0) is 0 Å². The van der Waals surface area contributed by atoms with E-state index in [4.69, 9.17) is 18.5 Å². The molecule has 41 heavy (non-hydrogen) atoms. The van der Waals surface area contributed by atoms with Gasteiger partial charge in [0, 0.05) is 33.6 Å². The van der Waals surface area contributed by atoms with Crippen molar-refractivity contribution in [2.45, 2.75) is 54.3 Å². The van der Waals surface area contributed by atoms with E-state index in [0.29, 0.717) is 28.1 Å². The molecule has 0 amide bonds. The van der Waals surface area contributed by atoms with Gasteiger partial charge in [-0.3, -0.25) is 4.98 Å². The molecule has 0 aliphatic heterocycles. The van der Waals surface area contributed by atoms with Gasteiger partial charge < -0.3 is 4.42 Å². The Balaban J connectivity index is 1.51. The molecule has 3 heterocycles. The molecule has 6 aromatic rings. The minimum atomic E-state index is -2.41. The highest BCUT2D eigenvalue weighted by Gasteiger charge is 2.23. The molecule has 3 heteroatoms. The van der Waals surface area contributed by atoms with Gasteiger partial charge in [-0.05, 0) is 96.1 Å². The molecule has 0 atom stereocenters. The van der Waals surface area contributed by atoms with E-state index in [9.17, 15) is 1.37 Å². The highest BCUT2D eigenvalue weighted by atomic mass is 16.3. The first-order valence-corrected chi connectivity index (χ1v) is 14.3. The molecule has 0 unspecified atom stereocenters. The minimum absolute atomic E-state index is 0.106. The normalized spacial score (nSPS) is 14.0. The van der Waals surface area contributed by atoms with Crippen molar-refractivity contribution in [1.82, 2.24) is 9.97 Å². The standard InChI is InChI=1S/C38H38N2O/c1-22(2)35(23(3)4)32-21-39-34(20-25(32)6)31-15-11-14-29-30-18-19-33(40-38(30)41-37(29)31)36-24(5)16-17-28(26(36)7)27-12-9-8-10-13-27/h8-23,35H,1-7H3/i6D3,35D. The third-order valence-electron chi connectivity index (χ3n) is 8.11. The zero-order valence-electron chi connectivity index (χ0n) is 28.5. The fourth-order valence-electron chi connectivity index (χ4n) is 6.31. The van der Waals surface area contributed by atoms with Crippen molar-refractivity contribution < 1.29 is 9.90 Å². The Kier molecular flexibility index (Phi) is 5.82. The number of furan rings is 1. The first kappa shape index (κ1) is 22.4. The van der Waals surface area contributed by atoms with E-state index in [0.717, 1.165) is 44.3 Å². The van der Waals surface area contributed by atoms with Crippen molar-refractivity contribution in [1.29, 1.82) is 0 Å². The van der Waals surface area contributed by atoms with Crippen LogP contribution in [0, 0.1) is 32.5 Å². The van der Waals surface area contributed by atoms with E-state index in [2.05, 4.69) is 38.1 Å². The average Bonchev–Trinajstić information content (AvgIpc) is 3.38. The van der Waals surface area contributed by atoms with Gasteiger partial charge in [-0.25, -0.2) is 4.98 Å². The third-order valence-corrected chi connectivity index (χ3v) is 8.11. The minimum Gasteiger partial charge on any atom is -0.437 e. The predicted octanol–water partition coefficient (Wildman–Crippen LogP) is 10.7. The van der Waals surface area contributed by atoms with Crippen molar-refractivity contribution >= 4 is 22.1 Å². The van der Waals surface area contributed by atoms with Gasteiger partial charge in [0.25, 0.3) is 0 Å². The molecule has 206 valence electrons. The lowest BCUT2D eigenvalue weighted by Gasteiger charge is -2.26. The molecule has 3 nitrogen and oxygen atoms in total. The fourth-order valence-corrected chi connectivity index (χ4v) is 6.31. The Morgan fingerprint density at radius 2 is 1.54 bits per heavy atom. The zero-order valence-corrected chi connectivity index (χ0v) is 24.5. The molecule has 3 aromatic heterocycles. The van der Waals surface area contributed by atoms with E-state index in [1.807, 2.05) is 76.2 Å². The molecule has 0 fully saturated rings. The monoisotopic (exact) mass is 542 g/mol. The van der Waals surface area contributed by atoms with Crippen molar-refractivity contribution in [2.24, 2.45) is 11.8 Å². The van der Waals surface area contributed by atoms with E-state index in [1.165, 1.54) is 0 Å². The van der Waals surface area contributed by atoms with Crippen molar-refractivity contribution in [3.63, 3.8) is 0 Å². The highest BCUT2D eigenvalue weighted by molar-refractivity contribution is 6.08. The zero-order chi connectivity index (χ0) is 32.3. The van der Waals surface area contributed by atoms with Crippen LogP contribution in [0.1, 0.15) is 61.3 Å². The summed E-state index contributed by atoms with van der Waals surface area (Å²) in [7, 11) is 0. The van der Waals surface area contributed by atoms with Gasteiger partial charge in [-0.2, -0.15) is 0 Å². The van der Waals surface area contributed by atoms with Crippen LogP contribution in [0.3, 0.4) is 0 Å². The van der Waals surface area contributed by atoms with Crippen LogP contribution in [0.15, 0.2) is 89.5 Å². The van der Waals surface area contributed by atoms with Gasteiger partial charge >= 0.3 is 0 Å². The Morgan fingerprint density at radius 3 is 2.27 bits per heavy atom. The van der Waals surface area contributed by atoms with Crippen LogP contribution >= 0.6 is 0 Å². The van der Waals surface area contributed by atoms with Crippen molar-refractivity contribution in [3.05, 3.63) is 107 Å². The van der Waals surface area contributed by atoms with E-state index in [-0.39, 0.29) is 17.4 Å². The number of pyridine rings is 2. The summed E-state index contributed by atoms with van der Waals surface area (Å²) in [6, 6.07) is 26.2. The molecule has 0 radical (unpaired) electrons. The van der Waals surface area contributed by atoms with Crippen LogP contribution < -0.4 is 0 Å². The van der Waals surface area contributed by atoms with Gasteiger partial charge in [0.15, 0.2) is 0 Å². The molecule has 0 aliphatic carbocycles. The number of nitrogens with zero attached hydrogens (tertiary/aromatic N) is 2. The Hall–Kier alpha value is -4.24. The van der Waals surface area contributed by atoms with Crippen molar-refractivity contribution in [2.75, 3.05) is 0 Å². The van der Waals surface area contributed by atoms with Gasteiger partial charge in [-0.1, -0.05) is 82.3 Å². The smallest absolute Gasteiger partial charge is 0.227 e. The Bertz CT molecular complexity index is 2030. The number of para-hydroxylation sites is 1. The summed E-state index contributed by atoms with van der Waals surface area (Å²) in [5.74, 6) is -1.31. The summed E-state index contributed by atoms with van der Waals surface area (Å²) in [6.07, 6.45) is 1.59. The summed E-state index contributed by atoms with van der Waals surface area (Å²) >= 11 is 0. The van der Waals surface area contributed by atoms with Crippen LogP contribution in [-0.4, -0.2) is 9.97 Å². The maximum Gasteiger partial charge on any atom is 0.227 e. The second kappa shape index (κ2) is 10.6. The molecule has 0 saturated heterocycles. The molecule has 6 rings (SSSR count). The number of hydrogen-bond donors (Lipinski definition) is 0. The Morgan fingerprint density at radius 1 is 0.756 bits per heavy atom. The van der Waals surface area contributed by atoms with E-state index >= 15 is 0 Å². The Labute approximate surface area is 248 Å². The summed E-state index contributed by atoms with van der Waals surface area (Å²) in [6.45, 7) is 9.66. The number of aryl methyl sites for hydroxylation is 2. The number of aromatic nitrogens is 2. The fraction of sp³-hybridized carbons (Fsp3) is 0.263. The summed E-state index contributed by atoms with van der Waals surface area (Å²) in [5, 5.41) is 1.76. The lowest BCUT2D eigenvalue weighted by molar-refractivity contribution is 0.385. The van der Waals surface area contributed by atoms with E-state index in [1.54, 1.807) is 12.3 Å². The quantitative estimate of drug-likeness (QED) is 0.210. The second-order valence-corrected chi connectivity index (χ2v) is 11.5.